The Morgan fingerprint density at radius 3 is 1.23 bits per heavy atom. The van der Waals surface area contributed by atoms with Crippen molar-refractivity contribution in [2.45, 2.75) is 0 Å². The fourth-order valence-electron chi connectivity index (χ4n) is 13.1. The van der Waals surface area contributed by atoms with Gasteiger partial charge in [-0.1, -0.05) is 231 Å². The molecule has 4 heterocycles. The summed E-state index contributed by atoms with van der Waals surface area (Å²) in [6, 6.07) is 110. The highest BCUT2D eigenvalue weighted by molar-refractivity contribution is 6.26. The Kier molecular flexibility index (Phi) is 11.8. The highest BCUT2D eigenvalue weighted by Gasteiger charge is 2.26. The van der Waals surface area contributed by atoms with Gasteiger partial charge < -0.3 is 13.6 Å². The highest BCUT2D eigenvalue weighted by Crippen LogP contribution is 2.48. The summed E-state index contributed by atoms with van der Waals surface area (Å²) in [7, 11) is 0. The summed E-state index contributed by atoms with van der Waals surface area (Å²) in [5.74, 6) is 1.70. The molecular weight excluding hydrogens is 1060 g/mol. The minimum atomic E-state index is 0.556. The van der Waals surface area contributed by atoms with Crippen LogP contribution < -0.4 is 0 Å². The molecule has 17 aromatic rings. The number of para-hydroxylation sites is 3. The van der Waals surface area contributed by atoms with Crippen LogP contribution >= 0.6 is 0 Å². The summed E-state index contributed by atoms with van der Waals surface area (Å²) >= 11 is 0. The van der Waals surface area contributed by atoms with Gasteiger partial charge in [-0.05, 0) is 117 Å². The maximum Gasteiger partial charge on any atom is 0.164 e. The normalized spacial score (nSPS) is 11.7. The molecule has 0 atom stereocenters. The zero-order chi connectivity index (χ0) is 57.4. The number of nitrogens with zero attached hydrogens (tertiary/aromatic N) is 5. The van der Waals surface area contributed by atoms with Gasteiger partial charge in [0.1, 0.15) is 11.2 Å². The van der Waals surface area contributed by atoms with Gasteiger partial charge in [-0.2, -0.15) is 0 Å². The van der Waals surface area contributed by atoms with Crippen LogP contribution in [0.15, 0.2) is 314 Å². The van der Waals surface area contributed by atoms with Gasteiger partial charge in [-0.3, -0.25) is 0 Å². The van der Waals surface area contributed by atoms with E-state index in [0.29, 0.717) is 17.5 Å². The van der Waals surface area contributed by atoms with E-state index in [1.807, 2.05) is 6.07 Å². The van der Waals surface area contributed by atoms with Gasteiger partial charge in [0.05, 0.1) is 33.1 Å². The van der Waals surface area contributed by atoms with Gasteiger partial charge in [0.15, 0.2) is 17.5 Å². The van der Waals surface area contributed by atoms with Gasteiger partial charge in [0, 0.05) is 66.5 Å². The first kappa shape index (κ1) is 49.8. The molecule has 0 radical (unpaired) electrons. The minimum absolute atomic E-state index is 0.556. The van der Waals surface area contributed by atoms with Gasteiger partial charge in [-0.25, -0.2) is 15.0 Å². The Morgan fingerprint density at radius 1 is 0.241 bits per heavy atom. The molecule has 6 nitrogen and oxygen atoms in total. The van der Waals surface area contributed by atoms with Crippen molar-refractivity contribution < 1.29 is 4.42 Å². The lowest BCUT2D eigenvalue weighted by Gasteiger charge is -2.21. The first-order valence-electron chi connectivity index (χ1n) is 29.5. The zero-order valence-corrected chi connectivity index (χ0v) is 47.1. The van der Waals surface area contributed by atoms with E-state index in [1.165, 1.54) is 10.8 Å². The van der Waals surface area contributed by atoms with E-state index in [-0.39, 0.29) is 0 Å². The lowest BCUT2D eigenvalue weighted by molar-refractivity contribution is 0.673. The first-order chi connectivity index (χ1) is 43.1. The SMILES string of the molecule is c1ccc(-c2ccc(-c3nc(-c4cc(-c5ccccc5)cc(-c5ccccc5)c4)nc(-c4cc(-c5ccccc5)c(-n5c6ccccc6c6c7oc8cc9c(cc8c7ccc65)c5ccccc5n9-c5ccccc5)c(-c5ccccc5)c4)n3)cc2)cc1. The molecule has 6 heteroatoms. The maximum atomic E-state index is 7.26. The van der Waals surface area contributed by atoms with Crippen molar-refractivity contribution in [1.82, 2.24) is 24.1 Å². The van der Waals surface area contributed by atoms with Gasteiger partial charge >= 0.3 is 0 Å². The van der Waals surface area contributed by atoms with Crippen LogP contribution in [0.4, 0.5) is 0 Å². The minimum Gasteiger partial charge on any atom is -0.455 e. The Labute approximate surface area is 501 Å². The molecule has 13 aromatic carbocycles. The second-order valence-electron chi connectivity index (χ2n) is 22.3. The van der Waals surface area contributed by atoms with Crippen molar-refractivity contribution in [2.75, 3.05) is 0 Å². The molecule has 0 spiro atoms. The van der Waals surface area contributed by atoms with Crippen molar-refractivity contribution >= 4 is 65.6 Å². The van der Waals surface area contributed by atoms with Gasteiger partial charge in [0.2, 0.25) is 0 Å². The lowest BCUT2D eigenvalue weighted by atomic mass is 9.92. The number of hydrogen-bond acceptors (Lipinski definition) is 4. The fraction of sp³-hybridized carbons (Fsp3) is 0. The zero-order valence-electron chi connectivity index (χ0n) is 47.1. The number of hydrogen-bond donors (Lipinski definition) is 0. The van der Waals surface area contributed by atoms with Crippen molar-refractivity contribution in [3.05, 3.63) is 309 Å². The summed E-state index contributed by atoms with van der Waals surface area (Å²) in [6.45, 7) is 0. The average Bonchev–Trinajstić information content (AvgIpc) is 1.63. The van der Waals surface area contributed by atoms with Crippen LogP contribution in [0.25, 0.3) is 167 Å². The van der Waals surface area contributed by atoms with Crippen LogP contribution in [0.1, 0.15) is 0 Å². The Bertz CT molecular complexity index is 5350. The van der Waals surface area contributed by atoms with Crippen LogP contribution in [0, 0.1) is 0 Å². The van der Waals surface area contributed by atoms with E-state index >= 15 is 0 Å². The third-order valence-corrected chi connectivity index (χ3v) is 17.1. The standard InChI is InChI=1S/C81H51N5O/c1-7-23-52(24-8-1)55-39-41-58(42-40-55)79-82-80(61-46-59(53-25-9-2-10-26-53)45-60(47-61)54-27-11-3-12-28-54)84-81(83-79)62-48-67(56-29-13-4-14-30-56)77(68(49-62)57-31-15-5-16-32-57)86-72-38-22-20-36-66(72)76-73(86)44-43-65-70-50-69-64-35-19-21-37-71(64)85(63-33-17-6-18-34-63)74(69)51-75(70)87-78(65)76/h1-51H. The van der Waals surface area contributed by atoms with Crippen LogP contribution in [-0.4, -0.2) is 24.1 Å². The van der Waals surface area contributed by atoms with Crippen LogP contribution in [0.2, 0.25) is 0 Å². The maximum absolute atomic E-state index is 7.26. The molecule has 17 rings (SSSR count). The largest absolute Gasteiger partial charge is 0.455 e. The molecule has 0 unspecified atom stereocenters. The summed E-state index contributed by atoms with van der Waals surface area (Å²) in [4.78, 5) is 16.5. The molecule has 0 saturated heterocycles. The van der Waals surface area contributed by atoms with Crippen molar-refractivity contribution in [2.24, 2.45) is 0 Å². The van der Waals surface area contributed by atoms with Gasteiger partial charge in [-0.15, -0.1) is 0 Å². The molecule has 4 aromatic heterocycles. The van der Waals surface area contributed by atoms with Gasteiger partial charge in [0.25, 0.3) is 0 Å². The van der Waals surface area contributed by atoms with Crippen LogP contribution in [0.3, 0.4) is 0 Å². The highest BCUT2D eigenvalue weighted by atomic mass is 16.3. The quantitative estimate of drug-likeness (QED) is 0.137. The van der Waals surface area contributed by atoms with E-state index in [0.717, 1.165) is 138 Å². The number of aromatic nitrogens is 5. The monoisotopic (exact) mass is 1110 g/mol. The summed E-state index contributed by atoms with van der Waals surface area (Å²) < 4.78 is 12.1. The molecule has 0 aliphatic carbocycles. The molecular formula is C81H51N5O. The Balaban J connectivity index is 0.919. The summed E-state index contributed by atoms with van der Waals surface area (Å²) in [5, 5.41) is 6.69. The summed E-state index contributed by atoms with van der Waals surface area (Å²) in [6.07, 6.45) is 0. The Hall–Kier alpha value is -11.7. The third-order valence-electron chi connectivity index (χ3n) is 17.1. The van der Waals surface area contributed by atoms with E-state index < -0.39 is 0 Å². The molecule has 0 saturated carbocycles. The van der Waals surface area contributed by atoms with E-state index in [4.69, 9.17) is 19.4 Å². The molecule has 406 valence electrons. The number of fused-ring (bicyclic) bond motifs is 10. The molecule has 87 heavy (non-hydrogen) atoms. The van der Waals surface area contributed by atoms with E-state index in [2.05, 4.69) is 312 Å². The number of rotatable bonds is 10. The van der Waals surface area contributed by atoms with E-state index in [1.54, 1.807) is 0 Å². The van der Waals surface area contributed by atoms with E-state index in [9.17, 15) is 0 Å². The topological polar surface area (TPSA) is 61.7 Å². The fourth-order valence-corrected chi connectivity index (χ4v) is 13.1. The second-order valence-corrected chi connectivity index (χ2v) is 22.3. The molecule has 0 aliphatic heterocycles. The summed E-state index contributed by atoms with van der Waals surface area (Å²) in [5.41, 5.74) is 21.5. The molecule has 0 N–H and O–H groups in total. The Morgan fingerprint density at radius 2 is 0.667 bits per heavy atom. The first-order valence-corrected chi connectivity index (χ1v) is 29.5. The molecule has 0 aliphatic rings. The van der Waals surface area contributed by atoms with Crippen molar-refractivity contribution in [1.29, 1.82) is 0 Å². The van der Waals surface area contributed by atoms with Crippen LogP contribution in [0.5, 0.6) is 0 Å². The molecule has 0 amide bonds. The average molecular weight is 1110 g/mol. The second kappa shape index (κ2) is 20.6. The predicted octanol–water partition coefficient (Wildman–Crippen LogP) is 21.3. The number of furan rings is 1. The molecule has 0 fully saturated rings. The number of benzene rings is 13. The third kappa shape index (κ3) is 8.53. The van der Waals surface area contributed by atoms with Crippen molar-refractivity contribution in [3.8, 4) is 101 Å². The lowest BCUT2D eigenvalue weighted by Crippen LogP contribution is -2.04. The van der Waals surface area contributed by atoms with Crippen molar-refractivity contribution in [3.63, 3.8) is 0 Å². The smallest absolute Gasteiger partial charge is 0.164 e. The molecule has 0 bridgehead atoms. The predicted molar refractivity (Wildman–Crippen MR) is 359 cm³/mol. The van der Waals surface area contributed by atoms with Crippen LogP contribution in [-0.2, 0) is 0 Å².